The number of aryl methyl sites for hydroxylation is 1. The molecule has 1 saturated heterocycles. The highest BCUT2D eigenvalue weighted by molar-refractivity contribution is 5.82. The second kappa shape index (κ2) is 9.51. The van der Waals surface area contributed by atoms with E-state index in [1.807, 2.05) is 13.0 Å². The average Bonchev–Trinajstić information content (AvgIpc) is 2.84. The summed E-state index contributed by atoms with van der Waals surface area (Å²) < 4.78 is 27.4. The Hall–Kier alpha value is -2.93. The number of aromatic nitrogens is 2. The Kier molecular flexibility index (Phi) is 6.54. The number of fused-ring (bicyclic) bond motifs is 2. The molecular weight excluding hydrogens is 457 g/mol. The van der Waals surface area contributed by atoms with Crippen molar-refractivity contribution in [2.45, 2.75) is 65.5 Å². The van der Waals surface area contributed by atoms with Crippen molar-refractivity contribution in [2.24, 2.45) is 5.41 Å². The van der Waals surface area contributed by atoms with Crippen LogP contribution in [0.1, 0.15) is 51.3 Å². The van der Waals surface area contributed by atoms with Gasteiger partial charge in [0.15, 0.2) is 11.5 Å². The van der Waals surface area contributed by atoms with Gasteiger partial charge >= 0.3 is 0 Å². The largest absolute Gasteiger partial charge is 0.486 e. The molecule has 0 saturated carbocycles. The van der Waals surface area contributed by atoms with Crippen molar-refractivity contribution in [1.29, 1.82) is 0 Å². The number of likely N-dealkylation sites (tertiary alicyclic amines) is 1. The van der Waals surface area contributed by atoms with E-state index in [1.165, 1.54) is 12.1 Å². The van der Waals surface area contributed by atoms with Crippen LogP contribution in [-0.2, 0) is 13.0 Å². The number of nitrogens with zero attached hydrogens (tertiary/aromatic N) is 3. The van der Waals surface area contributed by atoms with Gasteiger partial charge in [-0.2, -0.15) is 0 Å². The monoisotopic (exact) mass is 493 g/mol. The molecule has 2 aromatic heterocycles. The molecule has 1 unspecified atom stereocenters. The van der Waals surface area contributed by atoms with Gasteiger partial charge in [0.25, 0.3) is 5.56 Å². The molecule has 1 atom stereocenters. The number of pyridine rings is 2. The third-order valence-electron chi connectivity index (χ3n) is 8.10. The molecule has 0 radical (unpaired) electrons. The molecule has 4 heterocycles. The van der Waals surface area contributed by atoms with Crippen LogP contribution in [-0.4, -0.2) is 46.3 Å². The van der Waals surface area contributed by atoms with Crippen molar-refractivity contribution >= 4 is 10.9 Å². The third-order valence-corrected chi connectivity index (χ3v) is 8.10. The van der Waals surface area contributed by atoms with Gasteiger partial charge in [0.2, 0.25) is 0 Å². The van der Waals surface area contributed by atoms with Crippen LogP contribution in [0.25, 0.3) is 10.9 Å². The van der Waals surface area contributed by atoms with Crippen LogP contribution < -0.4 is 15.0 Å². The maximum atomic E-state index is 14.2. The maximum absolute atomic E-state index is 14.2. The Bertz CT molecular complexity index is 1330. The summed E-state index contributed by atoms with van der Waals surface area (Å²) in [6, 6.07) is 8.39. The lowest BCUT2D eigenvalue weighted by Gasteiger charge is -2.55. The fourth-order valence-corrected chi connectivity index (χ4v) is 6.09. The summed E-state index contributed by atoms with van der Waals surface area (Å²) >= 11 is 0. The van der Waals surface area contributed by atoms with E-state index in [0.717, 1.165) is 54.6 Å². The maximum Gasteiger partial charge on any atom is 0.251 e. The Morgan fingerprint density at radius 3 is 2.61 bits per heavy atom. The van der Waals surface area contributed by atoms with Crippen LogP contribution >= 0.6 is 0 Å². The zero-order valence-electron chi connectivity index (χ0n) is 21.8. The van der Waals surface area contributed by atoms with Gasteiger partial charge in [-0.1, -0.05) is 27.2 Å². The Morgan fingerprint density at radius 2 is 1.83 bits per heavy atom. The summed E-state index contributed by atoms with van der Waals surface area (Å²) in [5, 5.41) is 0.914. The van der Waals surface area contributed by atoms with Gasteiger partial charge in [0.05, 0.1) is 11.7 Å². The SMILES string of the molecule is Cc1cc(=O)n(CCN2CCCCC2(Cc2cc3c(cn2)OCCO3)C(C)(C)C)c2cc(F)ccc12. The summed E-state index contributed by atoms with van der Waals surface area (Å²) in [4.78, 5) is 20.3. The second-order valence-electron chi connectivity index (χ2n) is 11.2. The lowest BCUT2D eigenvalue weighted by Crippen LogP contribution is -2.61. The van der Waals surface area contributed by atoms with Gasteiger partial charge in [-0.3, -0.25) is 14.7 Å². The van der Waals surface area contributed by atoms with Gasteiger partial charge in [0.1, 0.15) is 19.0 Å². The number of halogens is 1. The molecule has 0 aliphatic carbocycles. The first-order valence-electron chi connectivity index (χ1n) is 13.0. The smallest absolute Gasteiger partial charge is 0.251 e. The summed E-state index contributed by atoms with van der Waals surface area (Å²) in [5.74, 6) is 1.14. The fourth-order valence-electron chi connectivity index (χ4n) is 6.09. The van der Waals surface area contributed by atoms with E-state index in [0.29, 0.717) is 37.6 Å². The van der Waals surface area contributed by atoms with E-state index in [4.69, 9.17) is 14.5 Å². The lowest BCUT2D eigenvalue weighted by molar-refractivity contribution is -0.0410. The predicted octanol–water partition coefficient (Wildman–Crippen LogP) is 5.13. The average molecular weight is 494 g/mol. The second-order valence-corrected chi connectivity index (χ2v) is 11.2. The molecule has 3 aromatic rings. The van der Waals surface area contributed by atoms with E-state index in [9.17, 15) is 9.18 Å². The van der Waals surface area contributed by atoms with Gasteiger partial charge in [-0.05, 0) is 55.5 Å². The molecule has 1 aromatic carbocycles. The topological polar surface area (TPSA) is 56.6 Å². The lowest BCUT2D eigenvalue weighted by atomic mass is 9.65. The van der Waals surface area contributed by atoms with E-state index in [2.05, 4.69) is 25.7 Å². The predicted molar refractivity (Wildman–Crippen MR) is 139 cm³/mol. The molecule has 192 valence electrons. The van der Waals surface area contributed by atoms with Crippen molar-refractivity contribution in [1.82, 2.24) is 14.5 Å². The van der Waals surface area contributed by atoms with Crippen molar-refractivity contribution in [3.8, 4) is 11.5 Å². The first kappa shape index (κ1) is 24.8. The van der Waals surface area contributed by atoms with Crippen LogP contribution in [0.15, 0.2) is 41.3 Å². The highest BCUT2D eigenvalue weighted by atomic mass is 19.1. The van der Waals surface area contributed by atoms with Crippen LogP contribution in [0.5, 0.6) is 11.5 Å². The molecule has 7 heteroatoms. The highest BCUT2D eigenvalue weighted by Crippen LogP contribution is 2.45. The minimum Gasteiger partial charge on any atom is -0.486 e. The molecular formula is C29H36FN3O3. The third kappa shape index (κ3) is 4.49. The standard InChI is InChI=1S/C29H36FN3O3/c1-20-15-27(34)33(24-16-21(30)7-8-23(20)24)12-11-32-10-6-5-9-29(32,28(2,3)4)18-22-17-25-26(19-31-22)36-14-13-35-25/h7-8,15-17,19H,5-6,9-14,18H2,1-4H3. The molecule has 5 rings (SSSR count). The summed E-state index contributed by atoms with van der Waals surface area (Å²) in [7, 11) is 0. The van der Waals surface area contributed by atoms with Crippen molar-refractivity contribution in [3.63, 3.8) is 0 Å². The minimum atomic E-state index is -0.326. The zero-order valence-corrected chi connectivity index (χ0v) is 21.8. The molecule has 0 bridgehead atoms. The first-order valence-corrected chi connectivity index (χ1v) is 13.0. The van der Waals surface area contributed by atoms with Gasteiger partial charge in [-0.25, -0.2) is 4.39 Å². The first-order chi connectivity index (χ1) is 17.2. The minimum absolute atomic E-state index is 0.0330. The van der Waals surface area contributed by atoms with Gasteiger partial charge in [0, 0.05) is 48.3 Å². The van der Waals surface area contributed by atoms with Crippen LogP contribution in [0.4, 0.5) is 4.39 Å². The highest BCUT2D eigenvalue weighted by Gasteiger charge is 2.48. The van der Waals surface area contributed by atoms with Crippen LogP contribution in [0.2, 0.25) is 0 Å². The number of rotatable bonds is 5. The normalized spacial score (nSPS) is 20.6. The number of piperidine rings is 1. The zero-order chi connectivity index (χ0) is 25.5. The summed E-state index contributed by atoms with van der Waals surface area (Å²) in [5.41, 5.74) is 2.26. The van der Waals surface area contributed by atoms with E-state index in [-0.39, 0.29) is 22.3 Å². The van der Waals surface area contributed by atoms with Crippen LogP contribution in [0.3, 0.4) is 0 Å². The van der Waals surface area contributed by atoms with E-state index >= 15 is 0 Å². The number of hydrogen-bond donors (Lipinski definition) is 0. The molecule has 0 N–H and O–H groups in total. The van der Waals surface area contributed by atoms with Crippen LogP contribution in [0, 0.1) is 18.2 Å². The Labute approximate surface area is 212 Å². The Balaban J connectivity index is 1.48. The van der Waals surface area contributed by atoms with Crippen molar-refractivity contribution in [3.05, 3.63) is 64.0 Å². The molecule has 0 spiro atoms. The molecule has 0 amide bonds. The summed E-state index contributed by atoms with van der Waals surface area (Å²) in [6.07, 6.45) is 5.87. The Morgan fingerprint density at radius 1 is 1.06 bits per heavy atom. The quantitative estimate of drug-likeness (QED) is 0.493. The number of hydrogen-bond acceptors (Lipinski definition) is 5. The molecule has 2 aliphatic rings. The van der Waals surface area contributed by atoms with E-state index < -0.39 is 0 Å². The molecule has 1 fully saturated rings. The molecule has 6 nitrogen and oxygen atoms in total. The van der Waals surface area contributed by atoms with E-state index in [1.54, 1.807) is 22.9 Å². The van der Waals surface area contributed by atoms with Crippen molar-refractivity contribution in [2.75, 3.05) is 26.3 Å². The van der Waals surface area contributed by atoms with Gasteiger partial charge < -0.3 is 14.0 Å². The van der Waals surface area contributed by atoms with Gasteiger partial charge in [-0.15, -0.1) is 0 Å². The number of benzene rings is 1. The van der Waals surface area contributed by atoms with Crippen molar-refractivity contribution < 1.29 is 13.9 Å². The molecule has 36 heavy (non-hydrogen) atoms. The molecule has 2 aliphatic heterocycles. The summed E-state index contributed by atoms with van der Waals surface area (Å²) in [6.45, 7) is 12.1. The fraction of sp³-hybridized carbons (Fsp3) is 0.517. The number of ether oxygens (including phenoxy) is 2.